The topological polar surface area (TPSA) is 32.7 Å². The fourth-order valence-corrected chi connectivity index (χ4v) is 3.66. The van der Waals surface area contributed by atoms with Crippen LogP contribution < -0.4 is 4.90 Å². The lowest BCUT2D eigenvalue weighted by atomic mass is 10.1. The Kier molecular flexibility index (Phi) is 5.54. The summed E-state index contributed by atoms with van der Waals surface area (Å²) in [4.78, 5) is 19.0. The highest BCUT2D eigenvalue weighted by Gasteiger charge is 2.33. The SMILES string of the molecule is O=C1/C(=C\c2ccc(Cl)cc2Cl)N=C(c2ccccc2F)N1c1ccc(Br)cc1. The second-order valence-electron chi connectivity index (χ2n) is 6.23. The van der Waals surface area contributed by atoms with E-state index in [4.69, 9.17) is 23.2 Å². The molecule has 0 saturated heterocycles. The summed E-state index contributed by atoms with van der Waals surface area (Å²) in [5.74, 6) is -0.629. The van der Waals surface area contributed by atoms with Crippen molar-refractivity contribution in [1.29, 1.82) is 0 Å². The van der Waals surface area contributed by atoms with E-state index in [0.29, 0.717) is 21.3 Å². The van der Waals surface area contributed by atoms with Crippen LogP contribution in [0.3, 0.4) is 0 Å². The Hall–Kier alpha value is -2.47. The molecule has 0 atom stereocenters. The standard InChI is InChI=1S/C22H12BrCl2FN2O/c23-14-6-9-16(10-7-14)28-21(17-3-1-2-4-19(17)26)27-20(22(28)29)11-13-5-8-15(24)12-18(13)25/h1-12H/b20-11+. The lowest BCUT2D eigenvalue weighted by Crippen LogP contribution is -2.33. The second-order valence-corrected chi connectivity index (χ2v) is 7.99. The highest BCUT2D eigenvalue weighted by Crippen LogP contribution is 2.31. The number of carbonyl (C=O) groups is 1. The lowest BCUT2D eigenvalue weighted by Gasteiger charge is -2.19. The summed E-state index contributed by atoms with van der Waals surface area (Å²) in [6, 6.07) is 18.3. The van der Waals surface area contributed by atoms with Crippen molar-refractivity contribution in [2.75, 3.05) is 4.90 Å². The molecule has 1 heterocycles. The maximum absolute atomic E-state index is 14.5. The first-order chi connectivity index (χ1) is 13.9. The third kappa shape index (κ3) is 3.99. The molecule has 3 aromatic rings. The summed E-state index contributed by atoms with van der Waals surface area (Å²) in [7, 11) is 0. The van der Waals surface area contributed by atoms with Crippen LogP contribution in [0.5, 0.6) is 0 Å². The van der Waals surface area contributed by atoms with Gasteiger partial charge in [0.15, 0.2) is 5.84 Å². The third-order valence-electron chi connectivity index (χ3n) is 4.31. The number of halogens is 4. The van der Waals surface area contributed by atoms with Crippen molar-refractivity contribution in [2.45, 2.75) is 0 Å². The lowest BCUT2D eigenvalue weighted by molar-refractivity contribution is -0.113. The highest BCUT2D eigenvalue weighted by molar-refractivity contribution is 9.10. The molecule has 0 aromatic heterocycles. The van der Waals surface area contributed by atoms with Gasteiger partial charge in [-0.3, -0.25) is 9.69 Å². The van der Waals surface area contributed by atoms with Gasteiger partial charge in [-0.2, -0.15) is 0 Å². The van der Waals surface area contributed by atoms with Crippen LogP contribution >= 0.6 is 39.1 Å². The summed E-state index contributed by atoms with van der Waals surface area (Å²) < 4.78 is 15.4. The van der Waals surface area contributed by atoms with E-state index in [1.54, 1.807) is 66.7 Å². The molecule has 1 aliphatic heterocycles. The number of nitrogens with zero attached hydrogens (tertiary/aromatic N) is 2. The Balaban J connectivity index is 1.86. The molecule has 3 aromatic carbocycles. The molecule has 7 heteroatoms. The number of hydrogen-bond donors (Lipinski definition) is 0. The molecular formula is C22H12BrCl2FN2O. The normalized spacial score (nSPS) is 15.2. The van der Waals surface area contributed by atoms with Gasteiger partial charge in [0.05, 0.1) is 11.3 Å². The van der Waals surface area contributed by atoms with E-state index >= 15 is 0 Å². The third-order valence-corrected chi connectivity index (χ3v) is 5.41. The Bertz CT molecular complexity index is 1180. The maximum Gasteiger partial charge on any atom is 0.282 e. The maximum atomic E-state index is 14.5. The number of anilines is 1. The predicted octanol–water partition coefficient (Wildman–Crippen LogP) is 6.73. The number of amides is 1. The van der Waals surface area contributed by atoms with Gasteiger partial charge in [0, 0.05) is 14.5 Å². The van der Waals surface area contributed by atoms with Gasteiger partial charge in [-0.1, -0.05) is 57.3 Å². The highest BCUT2D eigenvalue weighted by atomic mass is 79.9. The Labute approximate surface area is 185 Å². The molecule has 144 valence electrons. The summed E-state index contributed by atoms with van der Waals surface area (Å²) in [6.07, 6.45) is 1.57. The van der Waals surface area contributed by atoms with Gasteiger partial charge in [0.25, 0.3) is 5.91 Å². The van der Waals surface area contributed by atoms with Crippen LogP contribution in [-0.4, -0.2) is 11.7 Å². The summed E-state index contributed by atoms with van der Waals surface area (Å²) >= 11 is 15.6. The van der Waals surface area contributed by atoms with E-state index in [1.165, 1.54) is 11.0 Å². The van der Waals surface area contributed by atoms with E-state index in [1.807, 2.05) is 0 Å². The van der Waals surface area contributed by atoms with E-state index in [9.17, 15) is 9.18 Å². The van der Waals surface area contributed by atoms with Gasteiger partial charge in [0.1, 0.15) is 11.5 Å². The predicted molar refractivity (Wildman–Crippen MR) is 119 cm³/mol. The minimum atomic E-state index is -0.466. The van der Waals surface area contributed by atoms with E-state index in [0.717, 1.165) is 4.47 Å². The number of benzene rings is 3. The van der Waals surface area contributed by atoms with Crippen LogP contribution in [0.1, 0.15) is 11.1 Å². The van der Waals surface area contributed by atoms with E-state index < -0.39 is 5.82 Å². The van der Waals surface area contributed by atoms with Crippen molar-refractivity contribution < 1.29 is 9.18 Å². The molecule has 0 radical (unpaired) electrons. The smallest absolute Gasteiger partial charge is 0.266 e. The fourth-order valence-electron chi connectivity index (χ4n) is 2.94. The number of rotatable bonds is 3. The summed E-state index contributed by atoms with van der Waals surface area (Å²) in [5.41, 5.74) is 1.55. The van der Waals surface area contributed by atoms with Crippen LogP contribution in [0.4, 0.5) is 10.1 Å². The first kappa shape index (κ1) is 19.8. The second kappa shape index (κ2) is 8.11. The monoisotopic (exact) mass is 488 g/mol. The molecule has 3 nitrogen and oxygen atoms in total. The van der Waals surface area contributed by atoms with Gasteiger partial charge in [0.2, 0.25) is 0 Å². The molecule has 0 saturated carbocycles. The Morgan fingerprint density at radius 3 is 2.41 bits per heavy atom. The Morgan fingerprint density at radius 1 is 1.00 bits per heavy atom. The zero-order valence-corrected chi connectivity index (χ0v) is 17.8. The van der Waals surface area contributed by atoms with Gasteiger partial charge in [-0.25, -0.2) is 9.38 Å². The minimum absolute atomic E-state index is 0.149. The Morgan fingerprint density at radius 2 is 1.72 bits per heavy atom. The van der Waals surface area contributed by atoms with Crippen molar-refractivity contribution in [3.63, 3.8) is 0 Å². The molecular weight excluding hydrogens is 478 g/mol. The molecule has 0 fully saturated rings. The molecule has 1 amide bonds. The molecule has 0 spiro atoms. The van der Waals surface area contributed by atoms with Crippen molar-refractivity contribution in [3.05, 3.63) is 104 Å². The summed E-state index contributed by atoms with van der Waals surface area (Å²) in [5, 5.41) is 0.879. The van der Waals surface area contributed by atoms with Crippen LogP contribution in [0, 0.1) is 5.82 Å². The molecule has 29 heavy (non-hydrogen) atoms. The van der Waals surface area contributed by atoms with Crippen LogP contribution in [0.15, 0.2) is 81.9 Å². The molecule has 1 aliphatic rings. The van der Waals surface area contributed by atoms with Gasteiger partial charge >= 0.3 is 0 Å². The van der Waals surface area contributed by atoms with E-state index in [2.05, 4.69) is 20.9 Å². The fraction of sp³-hybridized carbons (Fsp3) is 0. The number of aliphatic imine (C=N–C) groups is 1. The van der Waals surface area contributed by atoms with Gasteiger partial charge in [-0.05, 0) is 60.2 Å². The molecule has 0 unspecified atom stereocenters. The number of amidine groups is 1. The first-order valence-corrected chi connectivity index (χ1v) is 10.1. The van der Waals surface area contributed by atoms with Gasteiger partial charge < -0.3 is 0 Å². The van der Waals surface area contributed by atoms with Crippen molar-refractivity contribution in [3.8, 4) is 0 Å². The molecule has 4 rings (SSSR count). The minimum Gasteiger partial charge on any atom is -0.266 e. The molecule has 0 bridgehead atoms. The zero-order valence-electron chi connectivity index (χ0n) is 14.7. The van der Waals surface area contributed by atoms with Crippen molar-refractivity contribution in [1.82, 2.24) is 0 Å². The van der Waals surface area contributed by atoms with Gasteiger partial charge in [-0.15, -0.1) is 0 Å². The summed E-state index contributed by atoms with van der Waals surface area (Å²) in [6.45, 7) is 0. The zero-order chi connectivity index (χ0) is 20.5. The first-order valence-electron chi connectivity index (χ1n) is 8.54. The molecule has 0 N–H and O–H groups in total. The van der Waals surface area contributed by atoms with Crippen LogP contribution in [0.2, 0.25) is 10.0 Å². The van der Waals surface area contributed by atoms with Crippen molar-refractivity contribution >= 4 is 62.6 Å². The largest absolute Gasteiger partial charge is 0.282 e. The average molecular weight is 490 g/mol. The quantitative estimate of drug-likeness (QED) is 0.375. The van der Waals surface area contributed by atoms with Crippen molar-refractivity contribution in [2.24, 2.45) is 4.99 Å². The number of carbonyl (C=O) groups excluding carboxylic acids is 1. The van der Waals surface area contributed by atoms with Crippen LogP contribution in [0.25, 0.3) is 6.08 Å². The average Bonchev–Trinajstić information content (AvgIpc) is 3.01. The van der Waals surface area contributed by atoms with Crippen LogP contribution in [-0.2, 0) is 4.79 Å². The van der Waals surface area contributed by atoms with E-state index in [-0.39, 0.29) is 23.0 Å². The molecule has 0 aliphatic carbocycles. The number of hydrogen-bond acceptors (Lipinski definition) is 2.